The number of aliphatic hydroxyl groups is 2. The number of carbonyl (C=O) groups excluding carboxylic acids is 2. The standard InChI is InChI=1S/C45H53ClN2O9/c1-3-23-54-45-41(48(2)44(52)53-24-20-46)28-39(47-55-30-31-12-5-4-6-13-31)37-26-33(15-7-9-21-49)36(17-8-10-22-50)42(43(37)45)38-27-35(18-19-40(38)57-45)56-34-16-11-14-32(25-34)29-51/h3-6,11-14,16,18-19,25-27,29,33,36,41-43,49-50H,1,7-10,15,17,20-24,28,30H2,2H3/t33-,36+,41-,42+,43+,45+/m0/s1. The fourth-order valence-electron chi connectivity index (χ4n) is 8.69. The molecule has 2 N–H and O–H groups in total. The number of halogens is 1. The summed E-state index contributed by atoms with van der Waals surface area (Å²) in [7, 11) is 1.68. The molecule has 1 fully saturated rings. The number of fused-ring (bicyclic) bond motifs is 2. The van der Waals surface area contributed by atoms with Gasteiger partial charge in [0.1, 0.15) is 42.8 Å². The maximum absolute atomic E-state index is 13.7. The lowest BCUT2D eigenvalue weighted by atomic mass is 9.55. The number of likely N-dealkylation sites (N-methyl/N-ethyl adjacent to an activating group) is 1. The third-order valence-corrected chi connectivity index (χ3v) is 11.3. The van der Waals surface area contributed by atoms with Crippen LogP contribution in [0.4, 0.5) is 4.79 Å². The molecule has 6 atom stereocenters. The van der Waals surface area contributed by atoms with E-state index < -0.39 is 23.8 Å². The topological polar surface area (TPSA) is 136 Å². The Morgan fingerprint density at radius 2 is 1.79 bits per heavy atom. The first-order chi connectivity index (χ1) is 27.9. The highest BCUT2D eigenvalue weighted by atomic mass is 35.5. The van der Waals surface area contributed by atoms with E-state index in [2.05, 4.69) is 12.7 Å². The lowest BCUT2D eigenvalue weighted by molar-refractivity contribution is -0.253. The summed E-state index contributed by atoms with van der Waals surface area (Å²) in [6, 6.07) is 21.8. The highest BCUT2D eigenvalue weighted by molar-refractivity contribution is 6.18. The molecular formula is C45H53ClN2O9. The zero-order valence-corrected chi connectivity index (χ0v) is 33.2. The van der Waals surface area contributed by atoms with E-state index in [1.807, 2.05) is 48.5 Å². The molecule has 11 nitrogen and oxygen atoms in total. The number of ether oxygens (including phenoxy) is 4. The summed E-state index contributed by atoms with van der Waals surface area (Å²) in [5, 5.41) is 24.5. The Balaban J connectivity index is 1.55. The lowest BCUT2D eigenvalue weighted by Crippen LogP contribution is -2.69. The third-order valence-electron chi connectivity index (χ3n) is 11.2. The molecule has 6 rings (SSSR count). The first kappa shape index (κ1) is 41.9. The number of nitrogens with zero attached hydrogens (tertiary/aromatic N) is 2. The molecule has 3 aromatic rings. The SMILES string of the molecule is C=CCO[C@@]12Oc3ccc(Oc4cccc(C=O)c4)cc3[C@H]3[C@H](CCCCO)[C@@H](CCCCO)C=C(C(=NOCc4ccccc4)C[C@@H]1N(C)C(=O)OCCCl)[C@H]32. The van der Waals surface area contributed by atoms with Crippen LogP contribution < -0.4 is 9.47 Å². The average Bonchev–Trinajstić information content (AvgIpc) is 3.23. The number of alkyl halides is 1. The highest BCUT2D eigenvalue weighted by Gasteiger charge is 2.65. The van der Waals surface area contributed by atoms with Crippen molar-refractivity contribution in [2.45, 2.75) is 69.3 Å². The van der Waals surface area contributed by atoms with Crippen molar-refractivity contribution in [3.63, 3.8) is 0 Å². The number of aldehydes is 1. The Hall–Kier alpha value is -4.68. The second-order valence-corrected chi connectivity index (χ2v) is 15.1. The van der Waals surface area contributed by atoms with Crippen LogP contribution in [-0.4, -0.2) is 84.4 Å². The summed E-state index contributed by atoms with van der Waals surface area (Å²) in [4.78, 5) is 32.9. The predicted octanol–water partition coefficient (Wildman–Crippen LogP) is 8.43. The minimum atomic E-state index is -1.42. The van der Waals surface area contributed by atoms with E-state index in [0.29, 0.717) is 41.4 Å². The molecule has 12 heteroatoms. The fraction of sp³-hybridized carbons (Fsp3) is 0.444. The van der Waals surface area contributed by atoms with Gasteiger partial charge in [-0.15, -0.1) is 18.2 Å². The van der Waals surface area contributed by atoms with E-state index in [0.717, 1.165) is 48.7 Å². The van der Waals surface area contributed by atoms with Crippen molar-refractivity contribution in [1.29, 1.82) is 0 Å². The van der Waals surface area contributed by atoms with Gasteiger partial charge in [-0.2, -0.15) is 0 Å². The van der Waals surface area contributed by atoms with Crippen LogP contribution in [0.25, 0.3) is 0 Å². The average molecular weight is 801 g/mol. The molecule has 3 aromatic carbocycles. The van der Waals surface area contributed by atoms with Gasteiger partial charge in [-0.05, 0) is 79.0 Å². The Kier molecular flexibility index (Phi) is 14.8. The number of hydrogen-bond donors (Lipinski definition) is 2. The van der Waals surface area contributed by atoms with Gasteiger partial charge in [-0.3, -0.25) is 4.79 Å². The molecule has 0 spiro atoms. The highest BCUT2D eigenvalue weighted by Crippen LogP contribution is 2.62. The molecule has 1 saturated carbocycles. The van der Waals surface area contributed by atoms with Gasteiger partial charge in [0.15, 0.2) is 0 Å². The Morgan fingerprint density at radius 3 is 2.53 bits per heavy atom. The molecule has 0 bridgehead atoms. The second kappa shape index (κ2) is 20.1. The van der Waals surface area contributed by atoms with Gasteiger partial charge < -0.3 is 38.9 Å². The first-order valence-corrected chi connectivity index (χ1v) is 20.3. The summed E-state index contributed by atoms with van der Waals surface area (Å²) in [5.74, 6) is -0.246. The molecule has 1 heterocycles. The van der Waals surface area contributed by atoms with Gasteiger partial charge in [0, 0.05) is 43.7 Å². The summed E-state index contributed by atoms with van der Waals surface area (Å²) in [6.07, 6.45) is 8.90. The van der Waals surface area contributed by atoms with Crippen molar-refractivity contribution < 1.29 is 43.6 Å². The monoisotopic (exact) mass is 800 g/mol. The molecular weight excluding hydrogens is 748 g/mol. The lowest BCUT2D eigenvalue weighted by Gasteiger charge is -2.59. The van der Waals surface area contributed by atoms with Crippen LogP contribution in [0.15, 0.2) is 102 Å². The van der Waals surface area contributed by atoms with Gasteiger partial charge in [0.2, 0.25) is 5.79 Å². The fourth-order valence-corrected chi connectivity index (χ4v) is 8.77. The molecule has 2 aliphatic carbocycles. The van der Waals surface area contributed by atoms with Crippen LogP contribution in [0.3, 0.4) is 0 Å². The van der Waals surface area contributed by atoms with E-state index in [1.165, 1.54) is 4.90 Å². The van der Waals surface area contributed by atoms with E-state index in [9.17, 15) is 19.8 Å². The van der Waals surface area contributed by atoms with Gasteiger partial charge in [0.25, 0.3) is 0 Å². The van der Waals surface area contributed by atoms with Crippen molar-refractivity contribution in [3.8, 4) is 17.2 Å². The molecule has 3 aliphatic rings. The van der Waals surface area contributed by atoms with Crippen LogP contribution in [0.1, 0.15) is 72.3 Å². The maximum atomic E-state index is 13.7. The predicted molar refractivity (Wildman–Crippen MR) is 218 cm³/mol. The number of aliphatic hydroxyl groups excluding tert-OH is 2. The number of allylic oxidation sites excluding steroid dienone is 1. The molecule has 1 aliphatic heterocycles. The molecule has 0 aromatic heterocycles. The summed E-state index contributed by atoms with van der Waals surface area (Å²) < 4.78 is 26.0. The van der Waals surface area contributed by atoms with Crippen molar-refractivity contribution in [2.24, 2.45) is 22.9 Å². The van der Waals surface area contributed by atoms with E-state index in [1.54, 1.807) is 37.4 Å². The van der Waals surface area contributed by atoms with Crippen LogP contribution in [0, 0.1) is 17.8 Å². The number of carbonyl (C=O) groups is 2. The zero-order chi connectivity index (χ0) is 40.2. The van der Waals surface area contributed by atoms with E-state index in [-0.39, 0.29) is 63.1 Å². The summed E-state index contributed by atoms with van der Waals surface area (Å²) in [6.45, 7) is 4.55. The minimum absolute atomic E-state index is 0.0287. The first-order valence-electron chi connectivity index (χ1n) is 19.8. The number of oxime groups is 1. The number of hydrogen-bond acceptors (Lipinski definition) is 10. The molecule has 0 unspecified atom stereocenters. The van der Waals surface area contributed by atoms with E-state index in [4.69, 9.17) is 40.5 Å². The largest absolute Gasteiger partial charge is 0.459 e. The second-order valence-electron chi connectivity index (χ2n) is 14.7. The zero-order valence-electron chi connectivity index (χ0n) is 32.5. The van der Waals surface area contributed by atoms with Gasteiger partial charge >= 0.3 is 6.09 Å². The number of benzene rings is 3. The van der Waals surface area contributed by atoms with Crippen molar-refractivity contribution in [1.82, 2.24) is 4.90 Å². The van der Waals surface area contributed by atoms with Crippen LogP contribution >= 0.6 is 11.6 Å². The van der Waals surface area contributed by atoms with Crippen LogP contribution in [0.2, 0.25) is 0 Å². The van der Waals surface area contributed by atoms with E-state index >= 15 is 0 Å². The Labute approximate surface area is 339 Å². The molecule has 57 heavy (non-hydrogen) atoms. The molecule has 1 amide bonds. The third kappa shape index (κ3) is 9.55. The number of rotatable bonds is 20. The van der Waals surface area contributed by atoms with Crippen LogP contribution in [-0.2, 0) is 20.9 Å². The summed E-state index contributed by atoms with van der Waals surface area (Å²) >= 11 is 5.95. The number of unbranched alkanes of at least 4 members (excludes halogenated alkanes) is 2. The smallest absolute Gasteiger partial charge is 0.410 e. The molecule has 0 radical (unpaired) electrons. The quantitative estimate of drug-likeness (QED) is 0.0380. The summed E-state index contributed by atoms with van der Waals surface area (Å²) in [5.41, 5.74) is 3.96. The minimum Gasteiger partial charge on any atom is -0.459 e. The van der Waals surface area contributed by atoms with Gasteiger partial charge in [-0.1, -0.05) is 72.6 Å². The van der Waals surface area contributed by atoms with Crippen molar-refractivity contribution in [3.05, 3.63) is 114 Å². The molecule has 0 saturated heterocycles. The maximum Gasteiger partial charge on any atom is 0.410 e. The number of amides is 1. The van der Waals surface area contributed by atoms with Gasteiger partial charge in [-0.25, -0.2) is 4.79 Å². The van der Waals surface area contributed by atoms with Crippen LogP contribution in [0.5, 0.6) is 17.2 Å². The normalized spacial score (nSPS) is 24.0. The van der Waals surface area contributed by atoms with Crippen molar-refractivity contribution in [2.75, 3.05) is 39.4 Å². The van der Waals surface area contributed by atoms with Crippen molar-refractivity contribution >= 4 is 29.7 Å². The molecule has 304 valence electrons. The van der Waals surface area contributed by atoms with Gasteiger partial charge in [0.05, 0.1) is 24.1 Å². The Morgan fingerprint density at radius 1 is 1.02 bits per heavy atom. The Bertz CT molecular complexity index is 1890.